The van der Waals surface area contributed by atoms with Crippen LogP contribution in [0.2, 0.25) is 0 Å². The Kier molecular flexibility index (Phi) is 1.65. The lowest BCUT2D eigenvalue weighted by Gasteiger charge is -2.24. The van der Waals surface area contributed by atoms with Crippen LogP contribution in [0.5, 0.6) is 0 Å². The molecule has 0 spiro atoms. The first kappa shape index (κ1) is 7.41. The molecule has 2 aliphatic heterocycles. The molecule has 12 heavy (non-hydrogen) atoms. The van der Waals surface area contributed by atoms with Gasteiger partial charge in [0.1, 0.15) is 6.10 Å². The van der Waals surface area contributed by atoms with E-state index in [9.17, 15) is 4.79 Å². The number of carbonyl (C=O) groups excluding carboxylic acids is 1. The molecule has 2 atom stereocenters. The molecule has 4 nitrogen and oxygen atoms in total. The van der Waals surface area contributed by atoms with Gasteiger partial charge in [0.05, 0.1) is 12.6 Å². The van der Waals surface area contributed by atoms with Crippen LogP contribution in [0.3, 0.4) is 0 Å². The summed E-state index contributed by atoms with van der Waals surface area (Å²) in [6, 6.07) is 2.13. The van der Waals surface area contributed by atoms with Gasteiger partial charge in [-0.1, -0.05) is 0 Å². The first-order valence-electron chi connectivity index (χ1n) is 4.14. The molecule has 0 aliphatic carbocycles. The minimum Gasteiger partial charge on any atom is -0.444 e. The Labute approximate surface area is 70.7 Å². The van der Waals surface area contributed by atoms with E-state index in [1.54, 1.807) is 4.90 Å². The summed E-state index contributed by atoms with van der Waals surface area (Å²) in [5.74, 6) is 0.262. The third kappa shape index (κ3) is 1.02. The van der Waals surface area contributed by atoms with Crippen LogP contribution in [0.1, 0.15) is 12.8 Å². The van der Waals surface area contributed by atoms with Crippen LogP contribution in [0.25, 0.3) is 0 Å². The Hall–Kier alpha value is -1.24. The minimum absolute atomic E-state index is 0.0223. The van der Waals surface area contributed by atoms with Crippen LogP contribution >= 0.6 is 0 Å². The monoisotopic (exact) mass is 166 g/mol. The highest BCUT2D eigenvalue weighted by atomic mass is 16.6. The summed E-state index contributed by atoms with van der Waals surface area (Å²) in [5, 5.41) is 8.51. The topological polar surface area (TPSA) is 53.3 Å². The predicted octanol–water partition coefficient (Wildman–Crippen LogP) is 0.741. The van der Waals surface area contributed by atoms with Crippen molar-refractivity contribution in [3.05, 3.63) is 0 Å². The molecule has 2 aliphatic rings. The van der Waals surface area contributed by atoms with E-state index >= 15 is 0 Å². The van der Waals surface area contributed by atoms with Gasteiger partial charge < -0.3 is 9.64 Å². The Balaban J connectivity index is 2.05. The SMILES string of the molecule is N#CC[C@H]1CCN2C[C@H]1OC2=O. The van der Waals surface area contributed by atoms with Crippen molar-refractivity contribution in [2.24, 2.45) is 5.92 Å². The van der Waals surface area contributed by atoms with E-state index in [2.05, 4.69) is 6.07 Å². The maximum Gasteiger partial charge on any atom is 0.410 e. The second-order valence-electron chi connectivity index (χ2n) is 3.28. The number of rotatable bonds is 1. The van der Waals surface area contributed by atoms with Crippen molar-refractivity contribution in [1.29, 1.82) is 5.26 Å². The average Bonchev–Trinajstić information content (AvgIpc) is 2.35. The fraction of sp³-hybridized carbons (Fsp3) is 0.750. The van der Waals surface area contributed by atoms with Crippen molar-refractivity contribution in [3.63, 3.8) is 0 Å². The van der Waals surface area contributed by atoms with E-state index in [1.807, 2.05) is 0 Å². The number of hydrogen-bond acceptors (Lipinski definition) is 3. The van der Waals surface area contributed by atoms with E-state index in [1.165, 1.54) is 0 Å². The second kappa shape index (κ2) is 2.67. The van der Waals surface area contributed by atoms with E-state index in [0.29, 0.717) is 13.0 Å². The summed E-state index contributed by atoms with van der Waals surface area (Å²) in [7, 11) is 0. The van der Waals surface area contributed by atoms with Crippen molar-refractivity contribution in [2.75, 3.05) is 13.1 Å². The van der Waals surface area contributed by atoms with E-state index < -0.39 is 0 Å². The summed E-state index contributed by atoms with van der Waals surface area (Å²) >= 11 is 0. The molecular weight excluding hydrogens is 156 g/mol. The number of carbonyl (C=O) groups is 1. The average molecular weight is 166 g/mol. The lowest BCUT2D eigenvalue weighted by Crippen LogP contribution is -2.35. The Morgan fingerprint density at radius 2 is 2.58 bits per heavy atom. The van der Waals surface area contributed by atoms with Crippen molar-refractivity contribution in [2.45, 2.75) is 18.9 Å². The van der Waals surface area contributed by atoms with Gasteiger partial charge in [0.15, 0.2) is 0 Å². The number of amides is 1. The van der Waals surface area contributed by atoms with Crippen LogP contribution < -0.4 is 0 Å². The third-order valence-electron chi connectivity index (χ3n) is 2.56. The quantitative estimate of drug-likeness (QED) is 0.577. The lowest BCUT2D eigenvalue weighted by molar-refractivity contribution is 0.106. The van der Waals surface area contributed by atoms with Crippen molar-refractivity contribution < 1.29 is 9.53 Å². The lowest BCUT2D eigenvalue weighted by atomic mass is 9.92. The van der Waals surface area contributed by atoms with E-state index in [-0.39, 0.29) is 18.1 Å². The molecule has 2 fully saturated rings. The molecule has 4 heteroatoms. The summed E-state index contributed by atoms with van der Waals surface area (Å²) in [4.78, 5) is 12.7. The molecular formula is C8H10N2O2. The molecule has 0 saturated carbocycles. The summed E-state index contributed by atoms with van der Waals surface area (Å²) in [6.07, 6.45) is 1.18. The van der Waals surface area contributed by atoms with Gasteiger partial charge in [-0.05, 0) is 6.42 Å². The first-order valence-corrected chi connectivity index (χ1v) is 4.14. The van der Waals surface area contributed by atoms with Crippen LogP contribution in [-0.2, 0) is 4.74 Å². The van der Waals surface area contributed by atoms with Crippen LogP contribution in [0.4, 0.5) is 4.79 Å². The summed E-state index contributed by atoms with van der Waals surface area (Å²) in [5.41, 5.74) is 0. The molecule has 2 rings (SSSR count). The zero-order valence-corrected chi connectivity index (χ0v) is 6.69. The highest BCUT2D eigenvalue weighted by molar-refractivity contribution is 5.70. The van der Waals surface area contributed by atoms with Gasteiger partial charge in [-0.15, -0.1) is 0 Å². The second-order valence-corrected chi connectivity index (χ2v) is 3.28. The molecule has 0 aromatic carbocycles. The maximum atomic E-state index is 11.0. The highest BCUT2D eigenvalue weighted by Gasteiger charge is 2.40. The minimum atomic E-state index is -0.208. The van der Waals surface area contributed by atoms with E-state index in [4.69, 9.17) is 10.00 Å². The van der Waals surface area contributed by atoms with Crippen LogP contribution in [0.15, 0.2) is 0 Å². The first-order chi connectivity index (χ1) is 5.81. The molecule has 0 radical (unpaired) electrons. The van der Waals surface area contributed by atoms with Gasteiger partial charge in [0.2, 0.25) is 0 Å². The van der Waals surface area contributed by atoms with Gasteiger partial charge >= 0.3 is 6.09 Å². The van der Waals surface area contributed by atoms with Crippen molar-refractivity contribution in [1.82, 2.24) is 4.90 Å². The molecule has 64 valence electrons. The molecule has 0 unspecified atom stereocenters. The maximum absolute atomic E-state index is 11.0. The normalized spacial score (nSPS) is 32.9. The number of hydrogen-bond donors (Lipinski definition) is 0. The standard InChI is InChI=1S/C8H10N2O2/c9-3-1-6-2-4-10-5-7(6)12-8(10)11/h6-7H,1-2,4-5H2/t6-,7+/m0/s1. The zero-order chi connectivity index (χ0) is 8.55. The number of piperidine rings is 1. The van der Waals surface area contributed by atoms with Crippen molar-refractivity contribution >= 4 is 6.09 Å². The van der Waals surface area contributed by atoms with Gasteiger partial charge in [0.25, 0.3) is 0 Å². The Bertz CT molecular complexity index is 246. The molecule has 0 aromatic heterocycles. The Morgan fingerprint density at radius 1 is 1.75 bits per heavy atom. The number of fused-ring (bicyclic) bond motifs is 2. The fourth-order valence-electron chi connectivity index (χ4n) is 1.82. The Morgan fingerprint density at radius 3 is 3.33 bits per heavy atom. The van der Waals surface area contributed by atoms with Crippen molar-refractivity contribution in [3.8, 4) is 6.07 Å². The van der Waals surface area contributed by atoms with Gasteiger partial charge in [-0.25, -0.2) is 4.79 Å². The number of nitriles is 1. The van der Waals surface area contributed by atoms with Gasteiger partial charge in [-0.2, -0.15) is 5.26 Å². The molecule has 0 N–H and O–H groups in total. The predicted molar refractivity (Wildman–Crippen MR) is 40.2 cm³/mol. The van der Waals surface area contributed by atoms with Crippen LogP contribution in [0, 0.1) is 17.2 Å². The number of nitrogens with zero attached hydrogens (tertiary/aromatic N) is 2. The molecule has 1 amide bonds. The fourth-order valence-corrected chi connectivity index (χ4v) is 1.82. The van der Waals surface area contributed by atoms with Gasteiger partial charge in [0, 0.05) is 18.9 Å². The highest BCUT2D eigenvalue weighted by Crippen LogP contribution is 2.28. The smallest absolute Gasteiger partial charge is 0.410 e. The zero-order valence-electron chi connectivity index (χ0n) is 6.69. The van der Waals surface area contributed by atoms with Gasteiger partial charge in [-0.3, -0.25) is 0 Å². The molecule has 0 aromatic rings. The third-order valence-corrected chi connectivity index (χ3v) is 2.56. The largest absolute Gasteiger partial charge is 0.444 e. The summed E-state index contributed by atoms with van der Waals surface area (Å²) < 4.78 is 5.09. The molecule has 2 bridgehead atoms. The summed E-state index contributed by atoms with van der Waals surface area (Å²) in [6.45, 7) is 1.44. The molecule has 2 heterocycles. The van der Waals surface area contributed by atoms with E-state index in [0.717, 1.165) is 13.0 Å². The molecule has 2 saturated heterocycles. The number of ether oxygens (including phenoxy) is 1. The van der Waals surface area contributed by atoms with Crippen LogP contribution in [-0.4, -0.2) is 30.2 Å².